The predicted octanol–water partition coefficient (Wildman–Crippen LogP) is 1.31. The second-order valence-corrected chi connectivity index (χ2v) is 5.58. The number of carbonyl (C=O) groups is 2. The number of hydrogen-bond acceptors (Lipinski definition) is 4. The first kappa shape index (κ1) is 14.2. The second-order valence-electron chi connectivity index (χ2n) is 5.58. The quantitative estimate of drug-likeness (QED) is 0.887. The molecule has 7 heteroatoms. The van der Waals surface area contributed by atoms with Crippen molar-refractivity contribution in [1.82, 2.24) is 20.3 Å². The number of carbonyl (C=O) groups excluding carboxylic acids is 1. The SMILES string of the molecule is Cc1ccc(-n2cc(C(=O)NC3(C(=O)O)CCC3)nn2)cc1. The van der Waals surface area contributed by atoms with E-state index in [2.05, 4.69) is 15.6 Å². The molecule has 2 aromatic rings. The Morgan fingerprint density at radius 3 is 2.50 bits per heavy atom. The zero-order valence-corrected chi connectivity index (χ0v) is 12.1. The normalized spacial score (nSPS) is 15.9. The van der Waals surface area contributed by atoms with Crippen molar-refractivity contribution in [1.29, 1.82) is 0 Å². The Bertz CT molecular complexity index is 717. The van der Waals surface area contributed by atoms with Gasteiger partial charge in [0.05, 0.1) is 11.9 Å². The molecule has 0 unspecified atom stereocenters. The lowest BCUT2D eigenvalue weighted by Gasteiger charge is -2.37. The van der Waals surface area contributed by atoms with E-state index in [1.807, 2.05) is 31.2 Å². The van der Waals surface area contributed by atoms with Crippen LogP contribution in [0.3, 0.4) is 0 Å². The van der Waals surface area contributed by atoms with Gasteiger partial charge in [-0.2, -0.15) is 0 Å². The first-order chi connectivity index (χ1) is 10.5. The fourth-order valence-corrected chi connectivity index (χ4v) is 2.40. The molecule has 114 valence electrons. The lowest BCUT2D eigenvalue weighted by molar-refractivity contribution is -0.148. The summed E-state index contributed by atoms with van der Waals surface area (Å²) in [5, 5.41) is 19.5. The van der Waals surface area contributed by atoms with E-state index in [1.165, 1.54) is 10.9 Å². The third-order valence-electron chi connectivity index (χ3n) is 3.99. The molecule has 0 atom stereocenters. The van der Waals surface area contributed by atoms with Crippen LogP contribution in [0.25, 0.3) is 5.69 Å². The van der Waals surface area contributed by atoms with Gasteiger partial charge in [-0.1, -0.05) is 22.9 Å². The molecular weight excluding hydrogens is 284 g/mol. The van der Waals surface area contributed by atoms with Gasteiger partial charge >= 0.3 is 5.97 Å². The van der Waals surface area contributed by atoms with Crippen LogP contribution in [0.15, 0.2) is 30.5 Å². The number of carboxylic acid groups (broad SMARTS) is 1. The molecule has 1 amide bonds. The Balaban J connectivity index is 1.77. The molecule has 1 heterocycles. The van der Waals surface area contributed by atoms with Crippen molar-refractivity contribution in [3.8, 4) is 5.69 Å². The van der Waals surface area contributed by atoms with Gasteiger partial charge in [0.1, 0.15) is 5.54 Å². The maximum absolute atomic E-state index is 12.2. The minimum atomic E-state index is -1.15. The van der Waals surface area contributed by atoms with Gasteiger partial charge in [-0.25, -0.2) is 9.48 Å². The highest BCUT2D eigenvalue weighted by Crippen LogP contribution is 2.32. The van der Waals surface area contributed by atoms with E-state index in [0.29, 0.717) is 12.8 Å². The van der Waals surface area contributed by atoms with Gasteiger partial charge in [-0.05, 0) is 38.3 Å². The first-order valence-corrected chi connectivity index (χ1v) is 7.05. The summed E-state index contributed by atoms with van der Waals surface area (Å²) in [5.41, 5.74) is 0.863. The fourth-order valence-electron chi connectivity index (χ4n) is 2.40. The molecule has 1 fully saturated rings. The van der Waals surface area contributed by atoms with Gasteiger partial charge in [0.15, 0.2) is 5.69 Å². The summed E-state index contributed by atoms with van der Waals surface area (Å²) in [6.07, 6.45) is 3.18. The van der Waals surface area contributed by atoms with Crippen molar-refractivity contribution >= 4 is 11.9 Å². The largest absolute Gasteiger partial charge is 0.480 e. The smallest absolute Gasteiger partial charge is 0.329 e. The maximum Gasteiger partial charge on any atom is 0.329 e. The summed E-state index contributed by atoms with van der Waals surface area (Å²) in [7, 11) is 0. The Morgan fingerprint density at radius 2 is 1.95 bits per heavy atom. The van der Waals surface area contributed by atoms with Gasteiger partial charge < -0.3 is 10.4 Å². The van der Waals surface area contributed by atoms with Gasteiger partial charge in [0.2, 0.25) is 0 Å². The van der Waals surface area contributed by atoms with Gasteiger partial charge in [-0.3, -0.25) is 4.79 Å². The van der Waals surface area contributed by atoms with Crippen molar-refractivity contribution in [3.05, 3.63) is 41.7 Å². The Labute approximate surface area is 126 Å². The van der Waals surface area contributed by atoms with Crippen molar-refractivity contribution in [2.24, 2.45) is 0 Å². The lowest BCUT2D eigenvalue weighted by Crippen LogP contribution is -2.59. The minimum absolute atomic E-state index is 0.105. The number of nitrogens with one attached hydrogen (secondary N) is 1. The molecule has 0 radical (unpaired) electrons. The number of benzene rings is 1. The molecule has 1 aromatic carbocycles. The lowest BCUT2D eigenvalue weighted by atomic mass is 9.76. The van der Waals surface area contributed by atoms with E-state index in [0.717, 1.165) is 17.7 Å². The molecule has 1 aromatic heterocycles. The number of aliphatic carboxylic acids is 1. The van der Waals surface area contributed by atoms with Crippen LogP contribution in [0.4, 0.5) is 0 Å². The fraction of sp³-hybridized carbons (Fsp3) is 0.333. The van der Waals surface area contributed by atoms with Crippen LogP contribution in [-0.2, 0) is 4.79 Å². The number of aryl methyl sites for hydroxylation is 1. The Kier molecular flexibility index (Phi) is 3.40. The summed E-state index contributed by atoms with van der Waals surface area (Å²) >= 11 is 0. The van der Waals surface area contributed by atoms with Gasteiger partial charge in [0, 0.05) is 0 Å². The molecule has 22 heavy (non-hydrogen) atoms. The van der Waals surface area contributed by atoms with E-state index in [-0.39, 0.29) is 5.69 Å². The summed E-state index contributed by atoms with van der Waals surface area (Å²) in [6, 6.07) is 7.61. The molecule has 2 N–H and O–H groups in total. The van der Waals surface area contributed by atoms with E-state index < -0.39 is 17.4 Å². The molecule has 1 aliphatic rings. The van der Waals surface area contributed by atoms with Crippen molar-refractivity contribution < 1.29 is 14.7 Å². The highest BCUT2D eigenvalue weighted by atomic mass is 16.4. The zero-order chi connectivity index (χ0) is 15.7. The third kappa shape index (κ3) is 2.45. The number of hydrogen-bond donors (Lipinski definition) is 2. The topological polar surface area (TPSA) is 97.1 Å². The molecular formula is C15H16N4O3. The van der Waals surface area contributed by atoms with E-state index in [9.17, 15) is 14.7 Å². The molecule has 3 rings (SSSR count). The standard InChI is InChI=1S/C15H16N4O3/c1-10-3-5-11(6-4-10)19-9-12(17-18-19)13(20)16-15(14(21)22)7-2-8-15/h3-6,9H,2,7-8H2,1H3,(H,16,20)(H,21,22). The summed E-state index contributed by atoms with van der Waals surface area (Å²) in [6.45, 7) is 1.98. The number of aromatic nitrogens is 3. The highest BCUT2D eigenvalue weighted by molar-refractivity contribution is 5.96. The van der Waals surface area contributed by atoms with E-state index in [1.54, 1.807) is 0 Å². The van der Waals surface area contributed by atoms with Crippen LogP contribution < -0.4 is 5.32 Å². The molecule has 1 saturated carbocycles. The van der Waals surface area contributed by atoms with Gasteiger partial charge in [-0.15, -0.1) is 5.10 Å². The maximum atomic E-state index is 12.2. The Hall–Kier alpha value is -2.70. The highest BCUT2D eigenvalue weighted by Gasteiger charge is 2.46. The average Bonchev–Trinajstić information content (AvgIpc) is 2.93. The van der Waals surface area contributed by atoms with Crippen LogP contribution in [0, 0.1) is 6.92 Å². The number of rotatable bonds is 4. The molecule has 0 spiro atoms. The summed E-state index contributed by atoms with van der Waals surface area (Å²) in [5.74, 6) is -1.52. The zero-order valence-electron chi connectivity index (χ0n) is 12.1. The number of amides is 1. The minimum Gasteiger partial charge on any atom is -0.480 e. The van der Waals surface area contributed by atoms with Crippen LogP contribution in [0.1, 0.15) is 35.3 Å². The van der Waals surface area contributed by atoms with Crippen molar-refractivity contribution in [3.63, 3.8) is 0 Å². The monoisotopic (exact) mass is 300 g/mol. The average molecular weight is 300 g/mol. The summed E-state index contributed by atoms with van der Waals surface area (Å²) < 4.78 is 1.49. The molecule has 7 nitrogen and oxygen atoms in total. The number of carboxylic acids is 1. The van der Waals surface area contributed by atoms with Crippen LogP contribution in [-0.4, -0.2) is 37.5 Å². The summed E-state index contributed by atoms with van der Waals surface area (Å²) in [4.78, 5) is 23.4. The second kappa shape index (κ2) is 5.25. The molecule has 0 bridgehead atoms. The van der Waals surface area contributed by atoms with Crippen LogP contribution in [0.5, 0.6) is 0 Å². The Morgan fingerprint density at radius 1 is 1.27 bits per heavy atom. The predicted molar refractivity (Wildman–Crippen MR) is 77.8 cm³/mol. The van der Waals surface area contributed by atoms with Crippen molar-refractivity contribution in [2.75, 3.05) is 0 Å². The third-order valence-corrected chi connectivity index (χ3v) is 3.99. The van der Waals surface area contributed by atoms with Crippen LogP contribution >= 0.6 is 0 Å². The van der Waals surface area contributed by atoms with E-state index in [4.69, 9.17) is 0 Å². The molecule has 0 saturated heterocycles. The molecule has 1 aliphatic carbocycles. The van der Waals surface area contributed by atoms with Crippen LogP contribution in [0.2, 0.25) is 0 Å². The van der Waals surface area contributed by atoms with Gasteiger partial charge in [0.25, 0.3) is 5.91 Å². The van der Waals surface area contributed by atoms with E-state index >= 15 is 0 Å². The van der Waals surface area contributed by atoms with Crippen molar-refractivity contribution in [2.45, 2.75) is 31.7 Å². The first-order valence-electron chi connectivity index (χ1n) is 7.05. The number of nitrogens with zero attached hydrogens (tertiary/aromatic N) is 3. The molecule has 0 aliphatic heterocycles.